The lowest BCUT2D eigenvalue weighted by molar-refractivity contribution is 0.220. The Morgan fingerprint density at radius 1 is 1.44 bits per heavy atom. The molecule has 1 aliphatic rings. The summed E-state index contributed by atoms with van der Waals surface area (Å²) in [6.07, 6.45) is 2.53. The second-order valence-corrected chi connectivity index (χ2v) is 5.84. The lowest BCUT2D eigenvalue weighted by Crippen LogP contribution is -2.34. The van der Waals surface area contributed by atoms with E-state index in [9.17, 15) is 0 Å². The van der Waals surface area contributed by atoms with Gasteiger partial charge in [0.1, 0.15) is 0 Å². The molecule has 0 saturated carbocycles. The maximum absolute atomic E-state index is 4.49. The van der Waals surface area contributed by atoms with E-state index < -0.39 is 0 Å². The van der Waals surface area contributed by atoms with Gasteiger partial charge in [-0.15, -0.1) is 0 Å². The average molecular weight is 286 g/mol. The van der Waals surface area contributed by atoms with Gasteiger partial charge in [0.15, 0.2) is 0 Å². The third-order valence-electron chi connectivity index (χ3n) is 3.19. The van der Waals surface area contributed by atoms with Gasteiger partial charge in [0.05, 0.1) is 11.4 Å². The molecule has 0 atom stereocenters. The van der Waals surface area contributed by atoms with Crippen molar-refractivity contribution in [1.82, 2.24) is 14.7 Å². The third-order valence-corrected chi connectivity index (χ3v) is 4.10. The molecule has 90 valence electrons. The Kier molecular flexibility index (Phi) is 4.03. The summed E-state index contributed by atoms with van der Waals surface area (Å²) < 4.78 is 2.12. The van der Waals surface area contributed by atoms with E-state index in [2.05, 4.69) is 50.5 Å². The SMILES string of the molecule is CCn1nc(C)cc1CN1CCC(Br)CC1. The zero-order chi connectivity index (χ0) is 11.5. The van der Waals surface area contributed by atoms with Gasteiger partial charge in [-0.2, -0.15) is 5.10 Å². The number of alkyl halides is 1. The van der Waals surface area contributed by atoms with E-state index in [1.807, 2.05) is 0 Å². The summed E-state index contributed by atoms with van der Waals surface area (Å²) in [6.45, 7) is 8.64. The van der Waals surface area contributed by atoms with Gasteiger partial charge < -0.3 is 0 Å². The van der Waals surface area contributed by atoms with Crippen LogP contribution in [0.5, 0.6) is 0 Å². The minimum atomic E-state index is 0.724. The van der Waals surface area contributed by atoms with Gasteiger partial charge in [0.2, 0.25) is 0 Å². The number of aromatic nitrogens is 2. The first kappa shape index (κ1) is 12.1. The van der Waals surface area contributed by atoms with Crippen LogP contribution in [0.4, 0.5) is 0 Å². The van der Waals surface area contributed by atoms with Gasteiger partial charge in [-0.3, -0.25) is 9.58 Å². The first-order valence-electron chi connectivity index (χ1n) is 6.08. The number of hydrogen-bond acceptors (Lipinski definition) is 2. The molecule has 4 heteroatoms. The van der Waals surface area contributed by atoms with Crippen molar-refractivity contribution in [3.8, 4) is 0 Å². The number of halogens is 1. The quantitative estimate of drug-likeness (QED) is 0.796. The topological polar surface area (TPSA) is 21.1 Å². The van der Waals surface area contributed by atoms with Crippen molar-refractivity contribution >= 4 is 15.9 Å². The zero-order valence-corrected chi connectivity index (χ0v) is 11.7. The molecule has 1 saturated heterocycles. The van der Waals surface area contributed by atoms with Crippen LogP contribution in [0.2, 0.25) is 0 Å². The van der Waals surface area contributed by atoms with Crippen LogP contribution in [0.15, 0.2) is 6.07 Å². The van der Waals surface area contributed by atoms with Crippen molar-refractivity contribution in [2.75, 3.05) is 13.1 Å². The highest BCUT2D eigenvalue weighted by Crippen LogP contribution is 2.19. The molecule has 1 aromatic heterocycles. The number of aryl methyl sites for hydroxylation is 2. The Hall–Kier alpha value is -0.350. The number of likely N-dealkylation sites (tertiary alicyclic amines) is 1. The number of nitrogens with zero attached hydrogens (tertiary/aromatic N) is 3. The van der Waals surface area contributed by atoms with E-state index in [4.69, 9.17) is 0 Å². The largest absolute Gasteiger partial charge is 0.297 e. The summed E-state index contributed by atoms with van der Waals surface area (Å²) in [5.74, 6) is 0. The molecule has 0 spiro atoms. The van der Waals surface area contributed by atoms with E-state index in [0.717, 1.165) is 23.6 Å². The molecule has 0 bridgehead atoms. The Morgan fingerprint density at radius 2 is 2.12 bits per heavy atom. The minimum absolute atomic E-state index is 0.724. The van der Waals surface area contributed by atoms with Crippen molar-refractivity contribution in [2.24, 2.45) is 0 Å². The second kappa shape index (κ2) is 5.32. The molecule has 0 N–H and O–H groups in total. The van der Waals surface area contributed by atoms with Gasteiger partial charge in [-0.1, -0.05) is 15.9 Å². The zero-order valence-electron chi connectivity index (χ0n) is 10.1. The summed E-state index contributed by atoms with van der Waals surface area (Å²) in [6, 6.07) is 2.21. The van der Waals surface area contributed by atoms with Gasteiger partial charge in [-0.05, 0) is 45.8 Å². The van der Waals surface area contributed by atoms with Gasteiger partial charge in [0.25, 0.3) is 0 Å². The van der Waals surface area contributed by atoms with Crippen molar-refractivity contribution < 1.29 is 0 Å². The molecular weight excluding hydrogens is 266 g/mol. The fourth-order valence-electron chi connectivity index (χ4n) is 2.29. The van der Waals surface area contributed by atoms with Crippen LogP contribution < -0.4 is 0 Å². The van der Waals surface area contributed by atoms with E-state index >= 15 is 0 Å². The van der Waals surface area contributed by atoms with Crippen molar-refractivity contribution in [3.05, 3.63) is 17.5 Å². The van der Waals surface area contributed by atoms with Crippen LogP contribution in [-0.4, -0.2) is 32.6 Å². The Labute approximate surface area is 106 Å². The van der Waals surface area contributed by atoms with Gasteiger partial charge in [-0.25, -0.2) is 0 Å². The van der Waals surface area contributed by atoms with Crippen LogP contribution in [0.1, 0.15) is 31.2 Å². The van der Waals surface area contributed by atoms with Crippen molar-refractivity contribution in [2.45, 2.75) is 44.6 Å². The molecule has 0 amide bonds. The molecular formula is C12H20BrN3. The molecule has 0 radical (unpaired) electrons. The van der Waals surface area contributed by atoms with E-state index in [1.165, 1.54) is 31.6 Å². The third kappa shape index (κ3) is 2.86. The van der Waals surface area contributed by atoms with Crippen LogP contribution >= 0.6 is 15.9 Å². The Bertz CT molecular complexity index is 340. The van der Waals surface area contributed by atoms with Crippen LogP contribution in [0.3, 0.4) is 0 Å². The monoisotopic (exact) mass is 285 g/mol. The van der Waals surface area contributed by atoms with E-state index in [1.54, 1.807) is 0 Å². The highest BCUT2D eigenvalue weighted by molar-refractivity contribution is 9.09. The second-order valence-electron chi connectivity index (χ2n) is 4.54. The summed E-state index contributed by atoms with van der Waals surface area (Å²) >= 11 is 3.69. The van der Waals surface area contributed by atoms with E-state index in [-0.39, 0.29) is 0 Å². The molecule has 1 aliphatic heterocycles. The van der Waals surface area contributed by atoms with E-state index in [0.29, 0.717) is 0 Å². The maximum atomic E-state index is 4.49. The summed E-state index contributed by atoms with van der Waals surface area (Å²) in [5.41, 5.74) is 2.49. The van der Waals surface area contributed by atoms with Crippen molar-refractivity contribution in [1.29, 1.82) is 0 Å². The number of hydrogen-bond donors (Lipinski definition) is 0. The normalized spacial score (nSPS) is 19.2. The minimum Gasteiger partial charge on any atom is -0.297 e. The maximum Gasteiger partial charge on any atom is 0.0597 e. The predicted octanol–water partition coefficient (Wildman–Crippen LogP) is 2.57. The smallest absolute Gasteiger partial charge is 0.0597 e. The molecule has 1 fully saturated rings. The lowest BCUT2D eigenvalue weighted by Gasteiger charge is -2.29. The first-order valence-corrected chi connectivity index (χ1v) is 7.00. The van der Waals surface area contributed by atoms with Crippen molar-refractivity contribution in [3.63, 3.8) is 0 Å². The van der Waals surface area contributed by atoms with Crippen LogP contribution in [0.25, 0.3) is 0 Å². The highest BCUT2D eigenvalue weighted by Gasteiger charge is 2.18. The summed E-state index contributed by atoms with van der Waals surface area (Å²) in [5, 5.41) is 4.49. The molecule has 0 aromatic carbocycles. The summed E-state index contributed by atoms with van der Waals surface area (Å²) in [7, 11) is 0. The van der Waals surface area contributed by atoms with Crippen LogP contribution in [-0.2, 0) is 13.1 Å². The molecule has 2 heterocycles. The first-order chi connectivity index (χ1) is 7.69. The molecule has 1 aromatic rings. The molecule has 0 aliphatic carbocycles. The standard InChI is InChI=1S/C12H20BrN3/c1-3-16-12(8-10(2)14-16)9-15-6-4-11(13)5-7-15/h8,11H,3-7,9H2,1-2H3. The molecule has 2 rings (SSSR count). The average Bonchev–Trinajstić information content (AvgIpc) is 2.62. The number of rotatable bonds is 3. The van der Waals surface area contributed by atoms with Gasteiger partial charge >= 0.3 is 0 Å². The predicted molar refractivity (Wildman–Crippen MR) is 69.9 cm³/mol. The Balaban J connectivity index is 1.97. The lowest BCUT2D eigenvalue weighted by atomic mass is 10.1. The summed E-state index contributed by atoms with van der Waals surface area (Å²) in [4.78, 5) is 3.25. The molecule has 0 unspecified atom stereocenters. The highest BCUT2D eigenvalue weighted by atomic mass is 79.9. The molecule has 16 heavy (non-hydrogen) atoms. The van der Waals surface area contributed by atoms with Crippen LogP contribution in [0, 0.1) is 6.92 Å². The van der Waals surface area contributed by atoms with Gasteiger partial charge in [0, 0.05) is 17.9 Å². The fourth-order valence-corrected chi connectivity index (χ4v) is 2.70. The fraction of sp³-hybridized carbons (Fsp3) is 0.750. The number of piperidine rings is 1. The Morgan fingerprint density at radius 3 is 2.75 bits per heavy atom. The molecule has 3 nitrogen and oxygen atoms in total.